The van der Waals surface area contributed by atoms with E-state index in [1.807, 2.05) is 23.1 Å². The highest BCUT2D eigenvalue weighted by Gasteiger charge is 2.27. The maximum Gasteiger partial charge on any atom is 0.107 e. The molecule has 1 N–H and O–H groups in total. The van der Waals surface area contributed by atoms with Crippen molar-refractivity contribution >= 4 is 23.0 Å². The fourth-order valence-corrected chi connectivity index (χ4v) is 6.54. The fraction of sp³-hybridized carbons (Fsp3) is 0.353. The molecule has 0 radical (unpaired) electrons. The Bertz CT molecular complexity index is 1390. The third-order valence-corrected chi connectivity index (χ3v) is 8.74. The first-order valence-corrected chi connectivity index (χ1v) is 15.3. The molecule has 0 spiro atoms. The summed E-state index contributed by atoms with van der Waals surface area (Å²) in [4.78, 5) is 18.7. The monoisotopic (exact) mass is 552 g/mol. The second-order valence-corrected chi connectivity index (χ2v) is 11.7. The van der Waals surface area contributed by atoms with Gasteiger partial charge in [-0.1, -0.05) is 87.4 Å². The zero-order valence-electron chi connectivity index (χ0n) is 23.4. The van der Waals surface area contributed by atoms with Crippen LogP contribution in [0.1, 0.15) is 72.7 Å². The maximum absolute atomic E-state index is 11.9. The third kappa shape index (κ3) is 6.80. The number of carbonyl (C=O) groups excluding carboxylic acids is 1. The van der Waals surface area contributed by atoms with E-state index in [4.69, 9.17) is 4.98 Å². The third-order valence-electron chi connectivity index (χ3n) is 7.91. The molecule has 0 unspecified atom stereocenters. The SMILES string of the molecule is CCCC(CCC)c1ccc(NCc2ccc(-c3csc(CN4Cc5ccccc5C[C@H]4C(=O)[O-])n3)cc2)cc1. The molecule has 0 aliphatic carbocycles. The Balaban J connectivity index is 1.18. The highest BCUT2D eigenvalue weighted by Crippen LogP contribution is 2.29. The zero-order valence-corrected chi connectivity index (χ0v) is 24.3. The van der Waals surface area contributed by atoms with Gasteiger partial charge in [0.25, 0.3) is 0 Å². The summed E-state index contributed by atoms with van der Waals surface area (Å²) in [6.07, 6.45) is 5.41. The highest BCUT2D eigenvalue weighted by atomic mass is 32.1. The molecule has 5 nitrogen and oxygen atoms in total. The van der Waals surface area contributed by atoms with Gasteiger partial charge in [-0.15, -0.1) is 11.3 Å². The molecule has 40 heavy (non-hydrogen) atoms. The van der Waals surface area contributed by atoms with E-state index in [0.717, 1.165) is 34.1 Å². The fourth-order valence-electron chi connectivity index (χ4n) is 5.71. The molecule has 0 bridgehead atoms. The van der Waals surface area contributed by atoms with E-state index in [1.165, 1.54) is 42.4 Å². The van der Waals surface area contributed by atoms with Gasteiger partial charge in [0.15, 0.2) is 0 Å². The van der Waals surface area contributed by atoms with Gasteiger partial charge in [-0.25, -0.2) is 4.98 Å². The van der Waals surface area contributed by atoms with Crippen LogP contribution in [0.2, 0.25) is 0 Å². The van der Waals surface area contributed by atoms with E-state index in [0.29, 0.717) is 25.4 Å². The highest BCUT2D eigenvalue weighted by molar-refractivity contribution is 7.09. The number of fused-ring (bicyclic) bond motifs is 1. The van der Waals surface area contributed by atoms with E-state index >= 15 is 0 Å². The predicted octanol–water partition coefficient (Wildman–Crippen LogP) is 6.78. The average Bonchev–Trinajstić information content (AvgIpc) is 3.44. The van der Waals surface area contributed by atoms with E-state index < -0.39 is 12.0 Å². The van der Waals surface area contributed by atoms with Crippen LogP contribution in [0.15, 0.2) is 78.2 Å². The predicted molar refractivity (Wildman–Crippen MR) is 162 cm³/mol. The molecule has 1 aliphatic rings. The number of carboxylic acid groups (broad SMARTS) is 1. The quantitative estimate of drug-likeness (QED) is 0.210. The first-order chi connectivity index (χ1) is 19.5. The Morgan fingerprint density at radius 2 is 1.70 bits per heavy atom. The normalized spacial score (nSPS) is 15.2. The summed E-state index contributed by atoms with van der Waals surface area (Å²) in [6.45, 7) is 6.37. The van der Waals surface area contributed by atoms with Crippen LogP contribution in [0.25, 0.3) is 11.3 Å². The minimum Gasteiger partial charge on any atom is -0.548 e. The molecule has 3 aromatic carbocycles. The second-order valence-electron chi connectivity index (χ2n) is 10.8. The molecular weight excluding hydrogens is 514 g/mol. The van der Waals surface area contributed by atoms with Gasteiger partial charge in [0.1, 0.15) is 5.01 Å². The van der Waals surface area contributed by atoms with Gasteiger partial charge in [0.2, 0.25) is 0 Å². The van der Waals surface area contributed by atoms with Crippen molar-refractivity contribution in [3.63, 3.8) is 0 Å². The molecule has 0 fully saturated rings. The Morgan fingerprint density at radius 3 is 2.38 bits per heavy atom. The van der Waals surface area contributed by atoms with Crippen LogP contribution in [0.3, 0.4) is 0 Å². The van der Waals surface area contributed by atoms with E-state index in [1.54, 1.807) is 11.3 Å². The number of hydrogen-bond acceptors (Lipinski definition) is 6. The lowest BCUT2D eigenvalue weighted by Crippen LogP contribution is -2.50. The number of aliphatic carboxylic acids is 1. The van der Waals surface area contributed by atoms with E-state index in [-0.39, 0.29) is 0 Å². The van der Waals surface area contributed by atoms with Crippen molar-refractivity contribution in [1.29, 1.82) is 0 Å². The van der Waals surface area contributed by atoms with Crippen LogP contribution in [-0.2, 0) is 30.8 Å². The van der Waals surface area contributed by atoms with Crippen LogP contribution in [0.5, 0.6) is 0 Å². The first-order valence-electron chi connectivity index (χ1n) is 14.4. The van der Waals surface area contributed by atoms with Crippen molar-refractivity contribution in [3.8, 4) is 11.3 Å². The Morgan fingerprint density at radius 1 is 1.00 bits per heavy atom. The number of benzene rings is 3. The number of hydrogen-bond donors (Lipinski definition) is 1. The summed E-state index contributed by atoms with van der Waals surface area (Å²) in [5, 5.41) is 18.4. The molecule has 0 saturated heterocycles. The smallest absolute Gasteiger partial charge is 0.107 e. The Labute approximate surface area is 241 Å². The molecule has 0 saturated carbocycles. The van der Waals surface area contributed by atoms with Gasteiger partial charge in [0, 0.05) is 29.7 Å². The zero-order chi connectivity index (χ0) is 27.9. The number of nitrogens with zero attached hydrogens (tertiary/aromatic N) is 2. The van der Waals surface area contributed by atoms with Crippen LogP contribution >= 0.6 is 11.3 Å². The molecule has 6 heteroatoms. The lowest BCUT2D eigenvalue weighted by Gasteiger charge is -2.36. The number of aromatic nitrogens is 1. The molecular formula is C34H38N3O2S-. The van der Waals surface area contributed by atoms with Gasteiger partial charge >= 0.3 is 0 Å². The summed E-state index contributed by atoms with van der Waals surface area (Å²) in [5.41, 5.74) is 8.04. The van der Waals surface area contributed by atoms with Crippen LogP contribution in [-0.4, -0.2) is 21.9 Å². The number of anilines is 1. The average molecular weight is 553 g/mol. The maximum atomic E-state index is 11.9. The molecule has 4 aromatic rings. The summed E-state index contributed by atoms with van der Waals surface area (Å²) in [6, 6.07) is 24.9. The van der Waals surface area contributed by atoms with Crippen LogP contribution in [0.4, 0.5) is 5.69 Å². The van der Waals surface area contributed by atoms with Crippen molar-refractivity contribution in [2.24, 2.45) is 0 Å². The van der Waals surface area contributed by atoms with Crippen molar-refractivity contribution in [1.82, 2.24) is 9.88 Å². The largest absolute Gasteiger partial charge is 0.548 e. The molecule has 0 amide bonds. The summed E-state index contributed by atoms with van der Waals surface area (Å²) in [7, 11) is 0. The number of rotatable bonds is 12. The van der Waals surface area contributed by atoms with Gasteiger partial charge in [-0.05, 0) is 59.6 Å². The summed E-state index contributed by atoms with van der Waals surface area (Å²) < 4.78 is 0. The summed E-state index contributed by atoms with van der Waals surface area (Å²) in [5.74, 6) is -0.362. The number of carboxylic acids is 1. The van der Waals surface area contributed by atoms with Gasteiger partial charge in [-0.3, -0.25) is 4.90 Å². The van der Waals surface area contributed by atoms with E-state index in [2.05, 4.69) is 79.1 Å². The number of carbonyl (C=O) groups is 1. The lowest BCUT2D eigenvalue weighted by atomic mass is 9.90. The second kappa shape index (κ2) is 13.2. The van der Waals surface area contributed by atoms with Gasteiger partial charge in [-0.2, -0.15) is 0 Å². The Kier molecular flexibility index (Phi) is 9.30. The lowest BCUT2D eigenvalue weighted by molar-refractivity contribution is -0.312. The first kappa shape index (κ1) is 28.1. The molecule has 1 aliphatic heterocycles. The van der Waals surface area contributed by atoms with Crippen molar-refractivity contribution in [2.75, 3.05) is 5.32 Å². The molecule has 1 atom stereocenters. The topological polar surface area (TPSA) is 68.3 Å². The van der Waals surface area contributed by atoms with E-state index in [9.17, 15) is 9.90 Å². The molecule has 5 rings (SSSR count). The molecule has 208 valence electrons. The van der Waals surface area contributed by atoms with Gasteiger partial charge in [0.05, 0.1) is 24.2 Å². The van der Waals surface area contributed by atoms with Crippen LogP contribution in [0, 0.1) is 0 Å². The standard InChI is InChI=1S/C34H39N3O2S/c1-3-7-25(8-4-2)26-15-17-30(18-16-26)35-20-24-11-13-27(14-12-24)31-23-40-33(36-31)22-37-21-29-10-6-5-9-28(29)19-32(37)34(38)39/h5-6,9-18,23,25,32,35H,3-4,7-8,19-22H2,1-2H3,(H,38,39)/p-1/t32-/m0/s1. The van der Waals surface area contributed by atoms with Gasteiger partial charge < -0.3 is 15.2 Å². The number of thiazole rings is 1. The van der Waals surface area contributed by atoms with Crippen molar-refractivity contribution in [3.05, 3.63) is 105 Å². The minimum atomic E-state index is -1.02. The summed E-state index contributed by atoms with van der Waals surface area (Å²) >= 11 is 1.58. The minimum absolute atomic E-state index is 0.467. The van der Waals surface area contributed by atoms with Crippen molar-refractivity contribution in [2.45, 2.75) is 77.5 Å². The number of nitrogens with one attached hydrogen (secondary N) is 1. The molecule has 2 heterocycles. The Hall–Kier alpha value is -3.48. The molecule has 1 aromatic heterocycles. The van der Waals surface area contributed by atoms with Crippen molar-refractivity contribution < 1.29 is 9.90 Å². The van der Waals surface area contributed by atoms with Crippen LogP contribution < -0.4 is 10.4 Å².